The van der Waals surface area contributed by atoms with Gasteiger partial charge >= 0.3 is 5.97 Å². The van der Waals surface area contributed by atoms with Crippen LogP contribution in [0.4, 0.5) is 0 Å². The Labute approximate surface area is 168 Å². The first-order valence-corrected chi connectivity index (χ1v) is 9.20. The molecule has 8 heteroatoms. The third kappa shape index (κ3) is 4.63. The molecule has 8 nitrogen and oxygen atoms in total. The number of fused-ring (bicyclic) bond motifs is 1. The number of carbonyl (C=O) groups excluding carboxylic acids is 3. The van der Waals surface area contributed by atoms with Gasteiger partial charge in [0, 0.05) is 26.6 Å². The molecule has 0 radical (unpaired) electrons. The first-order valence-electron chi connectivity index (χ1n) is 9.20. The lowest BCUT2D eigenvalue weighted by Crippen LogP contribution is -2.49. The number of benzene rings is 1. The maximum atomic E-state index is 12.9. The molecule has 0 saturated heterocycles. The zero-order chi connectivity index (χ0) is 20.8. The molecule has 1 aliphatic rings. The highest BCUT2D eigenvalue weighted by molar-refractivity contribution is 5.95. The lowest BCUT2D eigenvalue weighted by atomic mass is 9.93. The third-order valence-electron chi connectivity index (χ3n) is 4.84. The Morgan fingerprint density at radius 3 is 2.69 bits per heavy atom. The molecule has 0 aliphatic carbocycles. The molecular formula is C21H21N3O5. The summed E-state index contributed by atoms with van der Waals surface area (Å²) in [4.78, 5) is 40.5. The molecule has 1 aromatic heterocycles. The Morgan fingerprint density at radius 1 is 1.24 bits per heavy atom. The fourth-order valence-electron chi connectivity index (χ4n) is 3.17. The van der Waals surface area contributed by atoms with Gasteiger partial charge in [0.1, 0.15) is 6.04 Å². The van der Waals surface area contributed by atoms with Crippen LogP contribution in [0.25, 0.3) is 0 Å². The van der Waals surface area contributed by atoms with Gasteiger partial charge in [0.05, 0.1) is 18.8 Å². The number of hydrogen-bond donors (Lipinski definition) is 0. The van der Waals surface area contributed by atoms with Crippen molar-refractivity contribution in [1.82, 2.24) is 9.80 Å². The number of esters is 1. The predicted octanol–water partition coefficient (Wildman–Crippen LogP) is 1.76. The molecule has 1 aliphatic heterocycles. The highest BCUT2D eigenvalue weighted by atomic mass is 16.5. The molecule has 1 atom stereocenters. The number of furan rings is 1. The van der Waals surface area contributed by atoms with Gasteiger partial charge in [-0.3, -0.25) is 9.59 Å². The summed E-state index contributed by atoms with van der Waals surface area (Å²) in [6, 6.07) is 11.8. The summed E-state index contributed by atoms with van der Waals surface area (Å²) >= 11 is 0. The summed E-state index contributed by atoms with van der Waals surface area (Å²) < 4.78 is 10.4. The smallest absolute Gasteiger partial charge is 0.329 e. The van der Waals surface area contributed by atoms with Crippen molar-refractivity contribution >= 4 is 17.8 Å². The van der Waals surface area contributed by atoms with Gasteiger partial charge in [-0.15, -0.1) is 0 Å². The second kappa shape index (κ2) is 9.06. The van der Waals surface area contributed by atoms with Crippen LogP contribution in [-0.2, 0) is 27.3 Å². The van der Waals surface area contributed by atoms with Crippen LogP contribution in [0.2, 0.25) is 0 Å². The molecule has 2 amide bonds. The van der Waals surface area contributed by atoms with Crippen LogP contribution in [-0.4, -0.2) is 53.8 Å². The summed E-state index contributed by atoms with van der Waals surface area (Å²) in [5.74, 6) is -1.34. The molecule has 0 fully saturated rings. The summed E-state index contributed by atoms with van der Waals surface area (Å²) in [6.45, 7) is 0.0555. The number of hydrogen-bond acceptors (Lipinski definition) is 6. The van der Waals surface area contributed by atoms with Crippen molar-refractivity contribution in [3.63, 3.8) is 0 Å². The molecule has 1 unspecified atom stereocenters. The van der Waals surface area contributed by atoms with E-state index in [9.17, 15) is 14.4 Å². The maximum Gasteiger partial charge on any atom is 0.329 e. The summed E-state index contributed by atoms with van der Waals surface area (Å²) in [5, 5.41) is 8.61. The second-order valence-corrected chi connectivity index (χ2v) is 6.73. The van der Waals surface area contributed by atoms with E-state index >= 15 is 0 Å². The average Bonchev–Trinajstić information content (AvgIpc) is 3.29. The third-order valence-corrected chi connectivity index (χ3v) is 4.84. The topological polar surface area (TPSA) is 104 Å². The van der Waals surface area contributed by atoms with Crippen molar-refractivity contribution in [2.75, 3.05) is 20.2 Å². The van der Waals surface area contributed by atoms with Gasteiger partial charge in [-0.1, -0.05) is 24.3 Å². The largest absolute Gasteiger partial charge is 0.459 e. The van der Waals surface area contributed by atoms with Gasteiger partial charge in [0.25, 0.3) is 11.8 Å². The Balaban J connectivity index is 1.73. The van der Waals surface area contributed by atoms with E-state index in [1.807, 2.05) is 30.3 Å². The van der Waals surface area contributed by atoms with E-state index in [2.05, 4.69) is 0 Å². The van der Waals surface area contributed by atoms with Gasteiger partial charge in [0.15, 0.2) is 12.4 Å². The minimum absolute atomic E-state index is 0.134. The van der Waals surface area contributed by atoms with E-state index in [4.69, 9.17) is 14.4 Å². The minimum atomic E-state index is -0.861. The molecule has 29 heavy (non-hydrogen) atoms. The number of likely N-dealkylation sites (N-methyl/N-ethyl adjacent to an activating group) is 1. The number of nitrogens with zero attached hydrogens (tertiary/aromatic N) is 3. The standard InChI is InChI=1S/C21H21N3O5/c1-23(10-5-9-22)19(25)14-29-21(27)17-12-15-6-2-3-7-16(15)13-24(17)20(26)18-8-4-11-28-18/h2-4,6-8,11,17H,5,10,12-14H2,1H3. The van der Waals surface area contributed by atoms with Crippen molar-refractivity contribution in [2.24, 2.45) is 0 Å². The Kier molecular flexibility index (Phi) is 6.29. The Bertz CT molecular complexity index is 932. The van der Waals surface area contributed by atoms with Crippen molar-refractivity contribution in [3.8, 4) is 6.07 Å². The molecule has 150 valence electrons. The Morgan fingerprint density at radius 2 is 2.00 bits per heavy atom. The summed E-state index contributed by atoms with van der Waals surface area (Å²) in [5.41, 5.74) is 1.90. The van der Waals surface area contributed by atoms with E-state index in [-0.39, 0.29) is 25.3 Å². The monoisotopic (exact) mass is 395 g/mol. The van der Waals surface area contributed by atoms with Gasteiger partial charge in [-0.05, 0) is 23.3 Å². The van der Waals surface area contributed by atoms with Gasteiger partial charge < -0.3 is 19.0 Å². The van der Waals surface area contributed by atoms with Crippen LogP contribution >= 0.6 is 0 Å². The van der Waals surface area contributed by atoms with Crippen molar-refractivity contribution in [3.05, 3.63) is 59.5 Å². The van der Waals surface area contributed by atoms with E-state index in [0.29, 0.717) is 6.42 Å². The number of carbonyl (C=O) groups is 3. The highest BCUT2D eigenvalue weighted by Gasteiger charge is 2.37. The molecule has 0 bridgehead atoms. The fraction of sp³-hybridized carbons (Fsp3) is 0.333. The van der Waals surface area contributed by atoms with Crippen molar-refractivity contribution in [1.29, 1.82) is 5.26 Å². The van der Waals surface area contributed by atoms with Gasteiger partial charge in [-0.25, -0.2) is 4.79 Å². The van der Waals surface area contributed by atoms with Crippen LogP contribution in [0, 0.1) is 11.3 Å². The van der Waals surface area contributed by atoms with E-state index in [0.717, 1.165) is 11.1 Å². The molecule has 2 aromatic rings. The molecule has 0 spiro atoms. The predicted molar refractivity (Wildman–Crippen MR) is 101 cm³/mol. The van der Waals surface area contributed by atoms with Gasteiger partial charge in [-0.2, -0.15) is 5.26 Å². The molecule has 2 heterocycles. The van der Waals surface area contributed by atoms with Crippen LogP contribution in [0.1, 0.15) is 28.1 Å². The molecule has 0 saturated carbocycles. The quantitative estimate of drug-likeness (QED) is 0.691. The van der Waals surface area contributed by atoms with E-state index in [1.165, 1.54) is 23.1 Å². The number of ether oxygens (including phenoxy) is 1. The SMILES string of the molecule is CN(CCC#N)C(=O)COC(=O)C1Cc2ccccc2CN1C(=O)c1ccco1. The fourth-order valence-corrected chi connectivity index (χ4v) is 3.17. The summed E-state index contributed by atoms with van der Waals surface area (Å²) in [7, 11) is 1.54. The molecule has 0 N–H and O–H groups in total. The van der Waals surface area contributed by atoms with E-state index < -0.39 is 30.4 Å². The van der Waals surface area contributed by atoms with E-state index in [1.54, 1.807) is 12.1 Å². The van der Waals surface area contributed by atoms with Crippen LogP contribution in [0.15, 0.2) is 47.1 Å². The lowest BCUT2D eigenvalue weighted by Gasteiger charge is -2.34. The Hall–Kier alpha value is -3.60. The van der Waals surface area contributed by atoms with Gasteiger partial charge in [0.2, 0.25) is 0 Å². The minimum Gasteiger partial charge on any atom is -0.459 e. The zero-order valence-corrected chi connectivity index (χ0v) is 16.0. The number of rotatable bonds is 6. The van der Waals surface area contributed by atoms with Crippen LogP contribution in [0.3, 0.4) is 0 Å². The number of nitriles is 1. The number of amides is 2. The van der Waals surface area contributed by atoms with Crippen LogP contribution < -0.4 is 0 Å². The average molecular weight is 395 g/mol. The van der Waals surface area contributed by atoms with Crippen molar-refractivity contribution in [2.45, 2.75) is 25.4 Å². The molecule has 1 aromatic carbocycles. The van der Waals surface area contributed by atoms with Crippen LogP contribution in [0.5, 0.6) is 0 Å². The van der Waals surface area contributed by atoms with Crippen molar-refractivity contribution < 1.29 is 23.5 Å². The highest BCUT2D eigenvalue weighted by Crippen LogP contribution is 2.26. The molecular weight excluding hydrogens is 374 g/mol. The lowest BCUT2D eigenvalue weighted by molar-refractivity contribution is -0.155. The zero-order valence-electron chi connectivity index (χ0n) is 16.0. The first kappa shape index (κ1) is 20.1. The maximum absolute atomic E-state index is 12.9. The first-order chi connectivity index (χ1) is 14.0. The molecule has 3 rings (SSSR count). The summed E-state index contributed by atoms with van der Waals surface area (Å²) in [6.07, 6.45) is 1.88. The normalized spacial score (nSPS) is 15.2. The second-order valence-electron chi connectivity index (χ2n) is 6.73.